The number of benzene rings is 2. The minimum atomic E-state index is -0.416. The molecule has 0 unspecified atom stereocenters. The van der Waals surface area contributed by atoms with E-state index in [1.165, 1.54) is 22.3 Å². The fraction of sp³-hybridized carbons (Fsp3) is 0.500. The van der Waals surface area contributed by atoms with E-state index in [4.69, 9.17) is 0 Å². The molecular formula is C36H48O2. The van der Waals surface area contributed by atoms with Crippen LogP contribution in [-0.4, -0.2) is 11.6 Å². The lowest BCUT2D eigenvalue weighted by Crippen LogP contribution is -2.37. The maximum Gasteiger partial charge on any atom is 0.171 e. The Hall–Kier alpha value is -2.74. The first-order chi connectivity index (χ1) is 18.6. The van der Waals surface area contributed by atoms with Crippen LogP contribution in [0.3, 0.4) is 0 Å². The van der Waals surface area contributed by atoms with Crippen LogP contribution in [0.4, 0.5) is 0 Å². The molecule has 2 atom stereocenters. The fourth-order valence-electron chi connectivity index (χ4n) is 6.03. The molecular weight excluding hydrogens is 464 g/mol. The van der Waals surface area contributed by atoms with E-state index in [1.807, 2.05) is 60.7 Å². The van der Waals surface area contributed by atoms with Gasteiger partial charge in [-0.2, -0.15) is 0 Å². The number of hydrogen-bond donors (Lipinski definition) is 0. The Morgan fingerprint density at radius 1 is 0.500 bits per heavy atom. The Kier molecular flexibility index (Phi) is 12.3. The lowest BCUT2D eigenvalue weighted by atomic mass is 9.63. The highest BCUT2D eigenvalue weighted by atomic mass is 16.1. The molecule has 0 N–H and O–H groups in total. The molecule has 0 saturated heterocycles. The Bertz CT molecular complexity index is 1000. The molecule has 3 rings (SSSR count). The number of carbonyl (C=O) groups is 2. The lowest BCUT2D eigenvalue weighted by molar-refractivity contribution is 0.0808. The maximum atomic E-state index is 14.5. The molecule has 0 amide bonds. The first-order valence-corrected chi connectivity index (χ1v) is 15.2. The summed E-state index contributed by atoms with van der Waals surface area (Å²) in [6.07, 6.45) is 12.5. The highest BCUT2D eigenvalue weighted by molar-refractivity contribution is 6.08. The minimum absolute atomic E-state index is 0.114. The fourth-order valence-corrected chi connectivity index (χ4v) is 6.03. The largest absolute Gasteiger partial charge is 0.293 e. The lowest BCUT2D eigenvalue weighted by Gasteiger charge is -2.39. The summed E-state index contributed by atoms with van der Waals surface area (Å²) in [6, 6.07) is 19.4. The van der Waals surface area contributed by atoms with Gasteiger partial charge in [0.05, 0.1) is 11.8 Å². The summed E-state index contributed by atoms with van der Waals surface area (Å²) in [7, 11) is 0. The Morgan fingerprint density at radius 2 is 0.816 bits per heavy atom. The predicted octanol–water partition coefficient (Wildman–Crippen LogP) is 10.4. The van der Waals surface area contributed by atoms with E-state index in [0.717, 1.165) is 88.2 Å². The third kappa shape index (κ3) is 7.22. The molecule has 2 aromatic rings. The van der Waals surface area contributed by atoms with Crippen molar-refractivity contribution in [3.8, 4) is 0 Å². The van der Waals surface area contributed by atoms with Gasteiger partial charge >= 0.3 is 0 Å². The predicted molar refractivity (Wildman–Crippen MR) is 161 cm³/mol. The Labute approximate surface area is 231 Å². The van der Waals surface area contributed by atoms with Crippen LogP contribution in [0.25, 0.3) is 0 Å². The number of carbonyl (C=O) groups excluding carboxylic acids is 2. The van der Waals surface area contributed by atoms with Crippen molar-refractivity contribution < 1.29 is 9.59 Å². The van der Waals surface area contributed by atoms with Gasteiger partial charge in [-0.25, -0.2) is 0 Å². The summed E-state index contributed by atoms with van der Waals surface area (Å²) in [4.78, 5) is 28.9. The van der Waals surface area contributed by atoms with Gasteiger partial charge in [-0.1, -0.05) is 125 Å². The number of Topliss-reactive ketones (excluding diaryl/α,β-unsaturated/α-hetero) is 2. The van der Waals surface area contributed by atoms with Gasteiger partial charge in [-0.3, -0.25) is 9.59 Å². The van der Waals surface area contributed by atoms with E-state index >= 15 is 0 Å². The Morgan fingerprint density at radius 3 is 1.13 bits per heavy atom. The van der Waals surface area contributed by atoms with Gasteiger partial charge < -0.3 is 0 Å². The van der Waals surface area contributed by atoms with E-state index in [-0.39, 0.29) is 11.6 Å². The van der Waals surface area contributed by atoms with Crippen molar-refractivity contribution in [2.24, 2.45) is 11.8 Å². The average molecular weight is 513 g/mol. The molecule has 2 heteroatoms. The molecule has 0 spiro atoms. The van der Waals surface area contributed by atoms with Crippen LogP contribution in [0.5, 0.6) is 0 Å². The third-order valence-corrected chi connectivity index (χ3v) is 8.07. The van der Waals surface area contributed by atoms with Crippen LogP contribution in [0, 0.1) is 11.8 Å². The van der Waals surface area contributed by atoms with Gasteiger partial charge in [0.25, 0.3) is 0 Å². The summed E-state index contributed by atoms with van der Waals surface area (Å²) in [5.41, 5.74) is 6.81. The van der Waals surface area contributed by atoms with Crippen LogP contribution in [0.1, 0.15) is 125 Å². The number of allylic oxidation sites excluding steroid dienone is 4. The van der Waals surface area contributed by atoms with E-state index in [0.29, 0.717) is 0 Å². The van der Waals surface area contributed by atoms with Gasteiger partial charge in [0.2, 0.25) is 0 Å². The molecule has 0 aliphatic heterocycles. The summed E-state index contributed by atoms with van der Waals surface area (Å²) in [5, 5.41) is 0. The second-order valence-electron chi connectivity index (χ2n) is 10.8. The number of rotatable bonds is 16. The molecule has 0 radical (unpaired) electrons. The molecule has 38 heavy (non-hydrogen) atoms. The number of unbranched alkanes of at least 4 members (excludes halogenated alkanes) is 4. The van der Waals surface area contributed by atoms with Gasteiger partial charge in [-0.15, -0.1) is 0 Å². The molecule has 1 aliphatic rings. The summed E-state index contributed by atoms with van der Waals surface area (Å²) >= 11 is 0. The third-order valence-electron chi connectivity index (χ3n) is 8.07. The second-order valence-corrected chi connectivity index (χ2v) is 10.8. The van der Waals surface area contributed by atoms with E-state index in [2.05, 4.69) is 27.7 Å². The van der Waals surface area contributed by atoms with E-state index in [9.17, 15) is 9.59 Å². The van der Waals surface area contributed by atoms with Crippen LogP contribution >= 0.6 is 0 Å². The topological polar surface area (TPSA) is 34.1 Å². The molecule has 0 heterocycles. The molecule has 2 aromatic carbocycles. The van der Waals surface area contributed by atoms with Crippen LogP contribution < -0.4 is 0 Å². The maximum absolute atomic E-state index is 14.5. The average Bonchev–Trinajstić information content (AvgIpc) is 2.96. The summed E-state index contributed by atoms with van der Waals surface area (Å²) < 4.78 is 0. The highest BCUT2D eigenvalue weighted by Gasteiger charge is 2.44. The van der Waals surface area contributed by atoms with Gasteiger partial charge in [0.1, 0.15) is 0 Å². The number of hydrogen-bond acceptors (Lipinski definition) is 2. The molecule has 0 bridgehead atoms. The zero-order chi connectivity index (χ0) is 27.3. The first-order valence-electron chi connectivity index (χ1n) is 15.2. The summed E-state index contributed by atoms with van der Waals surface area (Å²) in [6.45, 7) is 8.93. The van der Waals surface area contributed by atoms with Crippen LogP contribution in [-0.2, 0) is 0 Å². The minimum Gasteiger partial charge on any atom is -0.293 e. The van der Waals surface area contributed by atoms with Gasteiger partial charge in [0.15, 0.2) is 11.6 Å². The van der Waals surface area contributed by atoms with Crippen molar-refractivity contribution in [3.63, 3.8) is 0 Å². The second kappa shape index (κ2) is 15.6. The zero-order valence-corrected chi connectivity index (χ0v) is 24.2. The molecule has 0 aromatic heterocycles. The van der Waals surface area contributed by atoms with Crippen LogP contribution in [0.15, 0.2) is 83.0 Å². The molecule has 0 saturated carbocycles. The van der Waals surface area contributed by atoms with Crippen LogP contribution in [0.2, 0.25) is 0 Å². The van der Waals surface area contributed by atoms with E-state index in [1.54, 1.807) is 0 Å². The van der Waals surface area contributed by atoms with Gasteiger partial charge in [0, 0.05) is 11.1 Å². The normalized spacial score (nSPS) is 17.7. The number of ketones is 2. The molecule has 2 nitrogen and oxygen atoms in total. The molecule has 1 aliphatic carbocycles. The zero-order valence-electron chi connectivity index (χ0n) is 24.2. The standard InChI is InChI=1S/C36H48O2/c1-5-9-23-29-30(24-10-6-2)32(26-12-8-4)34(36(38)28-21-17-14-18-22-28)33(31(29)25-11-7-3)35(37)27-19-15-13-16-20-27/h13-22,33-34H,5-12,23-26H2,1-4H3/t33-,34-/m0/s1. The van der Waals surface area contributed by atoms with Crippen molar-refractivity contribution in [1.82, 2.24) is 0 Å². The molecule has 204 valence electrons. The van der Waals surface area contributed by atoms with Crippen molar-refractivity contribution >= 4 is 11.6 Å². The van der Waals surface area contributed by atoms with E-state index < -0.39 is 11.8 Å². The smallest absolute Gasteiger partial charge is 0.171 e. The SMILES string of the molecule is CCCCC1=C(CCCC)[C@H](C(=O)c2ccccc2)[C@@H](C(=O)c2ccccc2)C(CCCC)=C1CCCC. The first kappa shape index (κ1) is 29.8. The highest BCUT2D eigenvalue weighted by Crippen LogP contribution is 2.48. The Balaban J connectivity index is 2.32. The monoisotopic (exact) mass is 512 g/mol. The van der Waals surface area contributed by atoms with Crippen molar-refractivity contribution in [1.29, 1.82) is 0 Å². The quantitative estimate of drug-likeness (QED) is 0.210. The van der Waals surface area contributed by atoms with Crippen molar-refractivity contribution in [2.75, 3.05) is 0 Å². The van der Waals surface area contributed by atoms with Crippen molar-refractivity contribution in [3.05, 3.63) is 94.1 Å². The summed E-state index contributed by atoms with van der Waals surface area (Å²) in [5.74, 6) is -0.603. The van der Waals surface area contributed by atoms with Crippen molar-refractivity contribution in [2.45, 2.75) is 105 Å². The van der Waals surface area contributed by atoms with Gasteiger partial charge in [-0.05, 0) is 62.5 Å². The molecule has 0 fully saturated rings.